The summed E-state index contributed by atoms with van der Waals surface area (Å²) in [6.07, 6.45) is 2.98. The van der Waals surface area contributed by atoms with Crippen LogP contribution >= 0.6 is 27.7 Å². The van der Waals surface area contributed by atoms with Crippen LogP contribution < -0.4 is 11.3 Å². The Bertz CT molecular complexity index is 348. The third kappa shape index (κ3) is 4.55. The lowest BCUT2D eigenvalue weighted by Gasteiger charge is -2.18. The third-order valence-corrected chi connectivity index (χ3v) is 4.38. The molecule has 0 bridgehead atoms. The van der Waals surface area contributed by atoms with Crippen molar-refractivity contribution in [3.05, 3.63) is 16.4 Å². The minimum Gasteiger partial charge on any atom is -0.383 e. The van der Waals surface area contributed by atoms with Crippen LogP contribution in [-0.4, -0.2) is 35.0 Å². The molecule has 7 heteroatoms. The fraction of sp³-hybridized carbons (Fsp3) is 0.727. The Balaban J connectivity index is 2.73. The molecule has 0 aliphatic rings. The van der Waals surface area contributed by atoms with Crippen molar-refractivity contribution in [2.75, 3.05) is 25.2 Å². The standard InChI is InChI=1S/C11H21BrN4OS/c1-3-6-18-8-10(15-13)11-9(12)7-14-16(11)4-5-17-2/h7,10,15H,3-6,8,13H2,1-2H3. The molecule has 1 aromatic rings. The lowest BCUT2D eigenvalue weighted by Crippen LogP contribution is -2.32. The lowest BCUT2D eigenvalue weighted by molar-refractivity contribution is 0.181. The largest absolute Gasteiger partial charge is 0.383 e. The van der Waals surface area contributed by atoms with Crippen LogP contribution in [0.25, 0.3) is 0 Å². The molecule has 1 unspecified atom stereocenters. The van der Waals surface area contributed by atoms with E-state index in [2.05, 4.69) is 33.4 Å². The fourth-order valence-electron chi connectivity index (χ4n) is 1.63. The number of methoxy groups -OCH3 is 1. The lowest BCUT2D eigenvalue weighted by atomic mass is 10.2. The summed E-state index contributed by atoms with van der Waals surface area (Å²) in [5.74, 6) is 7.73. The smallest absolute Gasteiger partial charge is 0.0730 e. The van der Waals surface area contributed by atoms with E-state index in [4.69, 9.17) is 10.6 Å². The van der Waals surface area contributed by atoms with Gasteiger partial charge >= 0.3 is 0 Å². The van der Waals surface area contributed by atoms with E-state index in [-0.39, 0.29) is 6.04 Å². The molecule has 0 saturated heterocycles. The van der Waals surface area contributed by atoms with E-state index >= 15 is 0 Å². The van der Waals surface area contributed by atoms with Gasteiger partial charge in [0.25, 0.3) is 0 Å². The first-order valence-corrected chi connectivity index (χ1v) is 7.93. The van der Waals surface area contributed by atoms with Crippen molar-refractivity contribution < 1.29 is 4.74 Å². The molecular weight excluding hydrogens is 316 g/mol. The number of hydrogen-bond donors (Lipinski definition) is 2. The molecule has 1 aromatic heterocycles. The Kier molecular flexibility index (Phi) is 7.92. The first-order valence-electron chi connectivity index (χ1n) is 5.98. The molecule has 0 aliphatic heterocycles. The zero-order chi connectivity index (χ0) is 13.4. The maximum Gasteiger partial charge on any atom is 0.0730 e. The van der Waals surface area contributed by atoms with Crippen molar-refractivity contribution in [3.63, 3.8) is 0 Å². The van der Waals surface area contributed by atoms with Crippen molar-refractivity contribution in [2.45, 2.75) is 25.9 Å². The monoisotopic (exact) mass is 336 g/mol. The minimum absolute atomic E-state index is 0.0929. The van der Waals surface area contributed by atoms with Crippen molar-refractivity contribution in [1.82, 2.24) is 15.2 Å². The van der Waals surface area contributed by atoms with Gasteiger partial charge in [-0.1, -0.05) is 6.92 Å². The maximum atomic E-state index is 5.66. The molecule has 104 valence electrons. The number of nitrogens with one attached hydrogen (secondary N) is 1. The quantitative estimate of drug-likeness (QED) is 0.410. The van der Waals surface area contributed by atoms with Gasteiger partial charge in [0.05, 0.1) is 35.6 Å². The minimum atomic E-state index is 0.0929. The molecule has 0 aliphatic carbocycles. The van der Waals surface area contributed by atoms with E-state index in [1.54, 1.807) is 13.3 Å². The summed E-state index contributed by atoms with van der Waals surface area (Å²) in [6.45, 7) is 3.55. The number of thioether (sulfide) groups is 1. The summed E-state index contributed by atoms with van der Waals surface area (Å²) in [4.78, 5) is 0. The van der Waals surface area contributed by atoms with Crippen LogP contribution in [0.1, 0.15) is 25.1 Å². The van der Waals surface area contributed by atoms with Gasteiger partial charge in [-0.05, 0) is 28.1 Å². The summed E-state index contributed by atoms with van der Waals surface area (Å²) in [5.41, 5.74) is 3.95. The molecule has 0 fully saturated rings. The molecule has 1 atom stereocenters. The van der Waals surface area contributed by atoms with Crippen LogP contribution in [0.5, 0.6) is 0 Å². The predicted molar refractivity (Wildman–Crippen MR) is 79.5 cm³/mol. The molecule has 5 nitrogen and oxygen atoms in total. The highest BCUT2D eigenvalue weighted by atomic mass is 79.9. The van der Waals surface area contributed by atoms with Crippen LogP contribution in [0.2, 0.25) is 0 Å². The summed E-state index contributed by atoms with van der Waals surface area (Å²) in [6, 6.07) is 0.0929. The summed E-state index contributed by atoms with van der Waals surface area (Å²) in [5, 5.41) is 4.34. The number of halogens is 1. The molecule has 0 amide bonds. The fourth-order valence-corrected chi connectivity index (χ4v) is 3.14. The topological polar surface area (TPSA) is 65.1 Å². The Labute approximate surface area is 121 Å². The second kappa shape index (κ2) is 8.92. The second-order valence-corrected chi connectivity index (χ2v) is 5.89. The van der Waals surface area contributed by atoms with Gasteiger partial charge in [-0.2, -0.15) is 16.9 Å². The van der Waals surface area contributed by atoms with Gasteiger partial charge in [-0.15, -0.1) is 0 Å². The number of ether oxygens (including phenoxy) is 1. The van der Waals surface area contributed by atoms with Gasteiger partial charge < -0.3 is 4.74 Å². The van der Waals surface area contributed by atoms with Crippen molar-refractivity contribution in [2.24, 2.45) is 5.84 Å². The van der Waals surface area contributed by atoms with Gasteiger partial charge in [0.1, 0.15) is 0 Å². The molecule has 0 saturated carbocycles. The molecule has 3 N–H and O–H groups in total. The van der Waals surface area contributed by atoms with Gasteiger partial charge in [-0.25, -0.2) is 0 Å². The van der Waals surface area contributed by atoms with Crippen molar-refractivity contribution >= 4 is 27.7 Å². The van der Waals surface area contributed by atoms with Crippen LogP contribution in [0.4, 0.5) is 0 Å². The number of hydrogen-bond acceptors (Lipinski definition) is 5. The highest BCUT2D eigenvalue weighted by Gasteiger charge is 2.18. The second-order valence-electron chi connectivity index (χ2n) is 3.89. The van der Waals surface area contributed by atoms with Crippen molar-refractivity contribution in [1.29, 1.82) is 0 Å². The molecule has 18 heavy (non-hydrogen) atoms. The van der Waals surface area contributed by atoms with E-state index in [0.29, 0.717) is 6.61 Å². The third-order valence-electron chi connectivity index (χ3n) is 2.50. The van der Waals surface area contributed by atoms with Crippen LogP contribution in [0.3, 0.4) is 0 Å². The predicted octanol–water partition coefficient (Wildman–Crippen LogP) is 1.94. The Morgan fingerprint density at radius 3 is 3.06 bits per heavy atom. The zero-order valence-corrected chi connectivity index (χ0v) is 13.3. The normalized spacial score (nSPS) is 12.9. The van der Waals surface area contributed by atoms with E-state index in [1.807, 2.05) is 16.4 Å². The first kappa shape index (κ1) is 16.0. The molecule has 0 aromatic carbocycles. The number of nitrogens with two attached hydrogens (primary N) is 1. The molecule has 0 spiro atoms. The molecule has 1 rings (SSSR count). The molecule has 0 radical (unpaired) electrons. The van der Waals surface area contributed by atoms with Crippen LogP contribution in [0, 0.1) is 0 Å². The van der Waals surface area contributed by atoms with E-state index in [9.17, 15) is 0 Å². The number of rotatable bonds is 9. The average molecular weight is 337 g/mol. The highest BCUT2D eigenvalue weighted by Crippen LogP contribution is 2.25. The molecule has 1 heterocycles. The van der Waals surface area contributed by atoms with E-state index < -0.39 is 0 Å². The van der Waals surface area contributed by atoms with Crippen LogP contribution in [-0.2, 0) is 11.3 Å². The average Bonchev–Trinajstić information content (AvgIpc) is 2.74. The number of hydrazine groups is 1. The summed E-state index contributed by atoms with van der Waals surface area (Å²) >= 11 is 5.42. The Hall–Kier alpha value is -0.0800. The van der Waals surface area contributed by atoms with Gasteiger partial charge in [-0.3, -0.25) is 16.0 Å². The molecular formula is C11H21BrN4OS. The Morgan fingerprint density at radius 2 is 2.44 bits per heavy atom. The van der Waals surface area contributed by atoms with E-state index in [0.717, 1.165) is 28.2 Å². The summed E-state index contributed by atoms with van der Waals surface area (Å²) < 4.78 is 8.01. The summed E-state index contributed by atoms with van der Waals surface area (Å²) in [7, 11) is 1.69. The Morgan fingerprint density at radius 1 is 1.67 bits per heavy atom. The zero-order valence-electron chi connectivity index (χ0n) is 10.9. The highest BCUT2D eigenvalue weighted by molar-refractivity contribution is 9.10. The van der Waals surface area contributed by atoms with Gasteiger partial charge in [0.2, 0.25) is 0 Å². The SMILES string of the molecule is CCCSCC(NN)c1c(Br)cnn1CCOC. The number of nitrogens with zero attached hydrogens (tertiary/aromatic N) is 2. The van der Waals surface area contributed by atoms with Gasteiger partial charge in [0, 0.05) is 12.9 Å². The maximum absolute atomic E-state index is 5.66. The van der Waals surface area contributed by atoms with Gasteiger partial charge in [0.15, 0.2) is 0 Å². The van der Waals surface area contributed by atoms with E-state index in [1.165, 1.54) is 6.42 Å². The van der Waals surface area contributed by atoms with Crippen LogP contribution in [0.15, 0.2) is 10.7 Å². The van der Waals surface area contributed by atoms with Crippen molar-refractivity contribution in [3.8, 4) is 0 Å². The number of aromatic nitrogens is 2. The first-order chi connectivity index (χ1) is 8.74.